The molecule has 6 rings (SSSR count). The van der Waals surface area contributed by atoms with E-state index in [1.165, 1.54) is 11.1 Å². The Morgan fingerprint density at radius 3 is 2.52 bits per heavy atom. The van der Waals surface area contributed by atoms with Crippen molar-refractivity contribution in [2.75, 3.05) is 35.2 Å². The molecule has 1 unspecified atom stereocenters. The number of aryl methyl sites for hydroxylation is 1. The zero-order chi connectivity index (χ0) is 29.8. The summed E-state index contributed by atoms with van der Waals surface area (Å²) in [7, 11) is 0. The normalized spacial score (nSPS) is 20.3. The number of benzene rings is 1. The first-order chi connectivity index (χ1) is 20.0. The highest BCUT2D eigenvalue weighted by atomic mass is 32.2. The monoisotopic (exact) mass is 591 g/mol. The SMILES string of the molecule is CC(C)(C)[S@@+]([O-])NC1c2ccccc2CC12CCN(c1nc(N)c(C(=O)N3CCCn4nccc43)nc1C(N)=O)CC2. The van der Waals surface area contributed by atoms with Crippen LogP contribution < -0.4 is 26.0 Å². The van der Waals surface area contributed by atoms with Crippen LogP contribution in [0.3, 0.4) is 0 Å². The van der Waals surface area contributed by atoms with Gasteiger partial charge in [0.2, 0.25) is 0 Å². The lowest BCUT2D eigenvalue weighted by molar-refractivity contribution is 0.0976. The van der Waals surface area contributed by atoms with Gasteiger partial charge in [-0.2, -0.15) is 5.10 Å². The number of carbonyl (C=O) groups excluding carboxylic acids is 2. The predicted octanol–water partition coefficient (Wildman–Crippen LogP) is 2.34. The summed E-state index contributed by atoms with van der Waals surface area (Å²) in [6.07, 6.45) is 4.76. The number of amides is 2. The molecular weight excluding hydrogens is 554 g/mol. The second kappa shape index (κ2) is 10.5. The molecule has 12 nitrogen and oxygen atoms in total. The molecule has 1 aliphatic carbocycles. The van der Waals surface area contributed by atoms with Gasteiger partial charge in [-0.05, 0) is 57.6 Å². The van der Waals surface area contributed by atoms with Crippen molar-refractivity contribution < 1.29 is 14.1 Å². The first-order valence-electron chi connectivity index (χ1n) is 14.3. The molecule has 3 aliphatic rings. The molecule has 0 radical (unpaired) electrons. The number of carbonyl (C=O) groups is 2. The minimum Gasteiger partial charge on any atom is -0.598 e. The van der Waals surface area contributed by atoms with Gasteiger partial charge in [0.15, 0.2) is 23.0 Å². The van der Waals surface area contributed by atoms with E-state index in [2.05, 4.69) is 31.9 Å². The molecule has 1 aromatic carbocycles. The topological polar surface area (TPSA) is 171 Å². The van der Waals surface area contributed by atoms with Crippen LogP contribution in [0.5, 0.6) is 0 Å². The summed E-state index contributed by atoms with van der Waals surface area (Å²) in [6.45, 7) is 8.23. The molecule has 0 bridgehead atoms. The summed E-state index contributed by atoms with van der Waals surface area (Å²) in [5.41, 5.74) is 14.2. The Bertz CT molecular complexity index is 1530. The molecule has 13 heteroatoms. The van der Waals surface area contributed by atoms with Crippen molar-refractivity contribution in [2.45, 2.75) is 63.8 Å². The Kier molecular flexibility index (Phi) is 7.14. The van der Waals surface area contributed by atoms with Crippen molar-refractivity contribution in [2.24, 2.45) is 11.1 Å². The van der Waals surface area contributed by atoms with Crippen molar-refractivity contribution in [1.29, 1.82) is 0 Å². The van der Waals surface area contributed by atoms with Crippen LogP contribution in [0, 0.1) is 5.41 Å². The average molecular weight is 592 g/mol. The quantitative estimate of drug-likeness (QED) is 0.377. The molecule has 0 saturated carbocycles. The number of fused-ring (bicyclic) bond motifs is 2. The van der Waals surface area contributed by atoms with Gasteiger partial charge in [0, 0.05) is 49.0 Å². The molecule has 5 N–H and O–H groups in total. The average Bonchev–Trinajstić information content (AvgIpc) is 3.55. The third-order valence-corrected chi connectivity index (χ3v) is 10.2. The van der Waals surface area contributed by atoms with E-state index in [0.717, 1.165) is 25.7 Å². The fourth-order valence-corrected chi connectivity index (χ4v) is 7.37. The number of nitrogen functional groups attached to an aromatic ring is 1. The Morgan fingerprint density at radius 1 is 1.07 bits per heavy atom. The molecule has 4 heterocycles. The van der Waals surface area contributed by atoms with E-state index in [4.69, 9.17) is 11.5 Å². The number of piperidine rings is 1. The maximum absolute atomic E-state index is 13.5. The highest BCUT2D eigenvalue weighted by Gasteiger charge is 2.50. The molecule has 42 heavy (non-hydrogen) atoms. The van der Waals surface area contributed by atoms with E-state index in [1.807, 2.05) is 37.8 Å². The van der Waals surface area contributed by atoms with Gasteiger partial charge < -0.3 is 20.9 Å². The Hall–Kier alpha value is -3.68. The van der Waals surface area contributed by atoms with Crippen molar-refractivity contribution in [3.8, 4) is 0 Å². The lowest BCUT2D eigenvalue weighted by Gasteiger charge is -2.44. The largest absolute Gasteiger partial charge is 0.598 e. The van der Waals surface area contributed by atoms with Crippen LogP contribution in [-0.2, 0) is 24.3 Å². The first kappa shape index (κ1) is 28.4. The molecule has 1 fully saturated rings. The maximum atomic E-state index is 13.5. The van der Waals surface area contributed by atoms with E-state index in [9.17, 15) is 14.1 Å². The summed E-state index contributed by atoms with van der Waals surface area (Å²) in [5.74, 6) is -0.341. The highest BCUT2D eigenvalue weighted by Crippen LogP contribution is 2.53. The zero-order valence-electron chi connectivity index (χ0n) is 24.2. The van der Waals surface area contributed by atoms with E-state index < -0.39 is 27.9 Å². The fraction of sp³-hybridized carbons (Fsp3) is 0.483. The van der Waals surface area contributed by atoms with Crippen LogP contribution in [0.1, 0.15) is 78.2 Å². The van der Waals surface area contributed by atoms with Crippen LogP contribution in [-0.4, -0.2) is 60.5 Å². The minimum atomic E-state index is -1.25. The number of nitrogens with one attached hydrogen (secondary N) is 1. The van der Waals surface area contributed by atoms with E-state index >= 15 is 0 Å². The van der Waals surface area contributed by atoms with Gasteiger partial charge in [-0.1, -0.05) is 24.3 Å². The van der Waals surface area contributed by atoms with Gasteiger partial charge in [-0.3, -0.25) is 14.5 Å². The number of hydrogen-bond donors (Lipinski definition) is 3. The summed E-state index contributed by atoms with van der Waals surface area (Å²) < 4.78 is 18.0. The van der Waals surface area contributed by atoms with Gasteiger partial charge in [0.05, 0.1) is 12.2 Å². The summed E-state index contributed by atoms with van der Waals surface area (Å²) in [5, 5.41) is 4.26. The van der Waals surface area contributed by atoms with Crippen molar-refractivity contribution in [3.63, 3.8) is 0 Å². The number of hydrogen-bond acceptors (Lipinski definition) is 9. The fourth-order valence-electron chi connectivity index (χ4n) is 6.43. The molecular formula is C29H37N9O3S. The number of anilines is 3. The maximum Gasteiger partial charge on any atom is 0.281 e. The smallest absolute Gasteiger partial charge is 0.281 e. The molecule has 2 atom stereocenters. The van der Waals surface area contributed by atoms with Crippen LogP contribution in [0.25, 0.3) is 0 Å². The number of nitrogens with zero attached hydrogens (tertiary/aromatic N) is 6. The minimum absolute atomic E-state index is 0.0506. The van der Waals surface area contributed by atoms with Gasteiger partial charge in [-0.15, -0.1) is 4.72 Å². The van der Waals surface area contributed by atoms with E-state index in [1.54, 1.807) is 21.8 Å². The summed E-state index contributed by atoms with van der Waals surface area (Å²) >= 11 is -1.25. The van der Waals surface area contributed by atoms with Gasteiger partial charge >= 0.3 is 0 Å². The molecule has 222 valence electrons. The second-order valence-corrected chi connectivity index (χ2v) is 14.4. The van der Waals surface area contributed by atoms with Crippen molar-refractivity contribution in [3.05, 3.63) is 59.0 Å². The Morgan fingerprint density at radius 2 is 1.81 bits per heavy atom. The van der Waals surface area contributed by atoms with Gasteiger partial charge in [0.1, 0.15) is 10.6 Å². The van der Waals surface area contributed by atoms with Crippen LogP contribution in [0.4, 0.5) is 17.5 Å². The molecule has 1 saturated heterocycles. The molecule has 2 amide bonds. The van der Waals surface area contributed by atoms with E-state index in [-0.39, 0.29) is 34.5 Å². The standard InChI is InChI=1S/C29H37N9O3S/c1-28(2,3)42(41)35-23-19-8-5-4-7-18(19)17-29(23)10-15-36(16-11-29)26-22(25(31)39)33-21(24(30)34-26)27(40)37-13-6-14-38-20(37)9-12-32-38/h4-5,7-9,12,23,35H,6,10-11,13-17H2,1-3H3,(H2,30,34)(H2,31,39)/t23?,42-/m1/s1. The van der Waals surface area contributed by atoms with E-state index in [0.29, 0.717) is 32.0 Å². The van der Waals surface area contributed by atoms with Gasteiger partial charge in [-0.25, -0.2) is 14.6 Å². The van der Waals surface area contributed by atoms with Crippen LogP contribution >= 0.6 is 0 Å². The third-order valence-electron chi connectivity index (χ3n) is 8.67. The lowest BCUT2D eigenvalue weighted by Crippen LogP contribution is -2.50. The summed E-state index contributed by atoms with van der Waals surface area (Å²) in [6, 6.07) is 10.0. The summed E-state index contributed by atoms with van der Waals surface area (Å²) in [4.78, 5) is 38.6. The number of rotatable bonds is 5. The molecule has 2 aliphatic heterocycles. The Labute approximate surface area is 248 Å². The number of nitrogens with two attached hydrogens (primary N) is 2. The first-order valence-corrected chi connectivity index (χ1v) is 15.5. The number of aromatic nitrogens is 4. The predicted molar refractivity (Wildman–Crippen MR) is 161 cm³/mol. The van der Waals surface area contributed by atoms with Gasteiger partial charge in [0.25, 0.3) is 11.8 Å². The van der Waals surface area contributed by atoms with Crippen molar-refractivity contribution in [1.82, 2.24) is 24.5 Å². The van der Waals surface area contributed by atoms with Crippen LogP contribution in [0.2, 0.25) is 0 Å². The molecule has 1 spiro atoms. The highest BCUT2D eigenvalue weighted by molar-refractivity contribution is 7.90. The number of primary amides is 1. The third kappa shape index (κ3) is 4.88. The molecule has 2 aromatic heterocycles. The lowest BCUT2D eigenvalue weighted by atomic mass is 9.73. The van der Waals surface area contributed by atoms with Crippen LogP contribution in [0.15, 0.2) is 36.5 Å². The molecule has 3 aromatic rings. The Balaban J connectivity index is 1.26. The zero-order valence-corrected chi connectivity index (χ0v) is 25.0. The second-order valence-electron chi connectivity index (χ2n) is 12.4. The van der Waals surface area contributed by atoms with Crippen molar-refractivity contribution >= 4 is 40.6 Å².